The van der Waals surface area contributed by atoms with Crippen molar-refractivity contribution in [3.63, 3.8) is 0 Å². The summed E-state index contributed by atoms with van der Waals surface area (Å²) in [6.45, 7) is 9.57. The smallest absolute Gasteiger partial charge is 0.407 e. The molecule has 2 N–H and O–H groups in total. The first-order valence-electron chi connectivity index (χ1n) is 14.7. The Balaban J connectivity index is 1.53. The Morgan fingerprint density at radius 1 is 1.20 bits per heavy atom. The fourth-order valence-electron chi connectivity index (χ4n) is 7.61. The second-order valence-electron chi connectivity index (χ2n) is 12.0. The minimum absolute atomic E-state index is 0.0257. The van der Waals surface area contributed by atoms with Gasteiger partial charge in [-0.15, -0.1) is 0 Å². The van der Waals surface area contributed by atoms with Gasteiger partial charge in [-0.05, 0) is 57.4 Å². The number of halogens is 3. The number of hydrogen-bond donors (Lipinski definition) is 2. The summed E-state index contributed by atoms with van der Waals surface area (Å²) in [6, 6.07) is 2.88. The van der Waals surface area contributed by atoms with Crippen LogP contribution in [-0.4, -0.2) is 76.5 Å². The minimum Gasteiger partial charge on any atom is -0.507 e. The molecule has 2 aromatic carbocycles. The van der Waals surface area contributed by atoms with Gasteiger partial charge >= 0.3 is 6.09 Å². The Labute approximate surface area is 277 Å². The largest absolute Gasteiger partial charge is 0.507 e. The van der Waals surface area contributed by atoms with Crippen LogP contribution >= 0.6 is 34.8 Å². The number of aromatic hydroxyl groups is 1. The van der Waals surface area contributed by atoms with Crippen LogP contribution in [0.3, 0.4) is 0 Å². The molecule has 240 valence electrons. The second-order valence-corrected chi connectivity index (χ2v) is 14.5. The maximum atomic E-state index is 12.9. The number of aryl methyl sites for hydroxylation is 1. The van der Waals surface area contributed by atoms with E-state index in [1.165, 1.54) is 0 Å². The topological polar surface area (TPSA) is 117 Å². The standard InChI is InChI=1S/C32H35Cl3N4O6/c1-6-7-42-28-17(4)29-30(45-14-44-29)25-19(28)10-21-26-24-18(8-15(2)16(3)27(24)40)9-20(38(26)5)22(11-36)39(21)23(25)12-37-31(41)43-13-32(33,34)35/h6,8,20-23,26,40H,1,7,9-10,12-14H2,2-5H3,(H,37,41)/t20-,21?,22-,23-,26?/m0/s1. The SMILES string of the molecule is C=CCOc1c(C)c2c(c3c1CC1C4c5c(cc(C)c(C)c5O)C[C@@H]([C@H](C#N)N1[C@H]3CNC(=O)OCC(Cl)(Cl)Cl)N4C)OCO2. The van der Waals surface area contributed by atoms with Crippen molar-refractivity contribution in [2.24, 2.45) is 0 Å². The van der Waals surface area contributed by atoms with Crippen molar-refractivity contribution in [3.8, 4) is 29.1 Å². The first-order valence-corrected chi connectivity index (χ1v) is 15.9. The number of rotatable bonds is 6. The Morgan fingerprint density at radius 3 is 2.62 bits per heavy atom. The molecule has 0 spiro atoms. The number of nitriles is 1. The molecule has 45 heavy (non-hydrogen) atoms. The van der Waals surface area contributed by atoms with E-state index >= 15 is 0 Å². The van der Waals surface area contributed by atoms with E-state index in [0.29, 0.717) is 30.1 Å². The van der Waals surface area contributed by atoms with Gasteiger partial charge in [0.05, 0.1) is 18.2 Å². The molecule has 4 aliphatic rings. The zero-order valence-corrected chi connectivity index (χ0v) is 27.7. The molecule has 1 fully saturated rings. The van der Waals surface area contributed by atoms with Crippen LogP contribution in [-0.2, 0) is 17.6 Å². The van der Waals surface area contributed by atoms with E-state index in [9.17, 15) is 15.2 Å². The van der Waals surface area contributed by atoms with Gasteiger partial charge in [-0.1, -0.05) is 53.5 Å². The van der Waals surface area contributed by atoms with Crippen molar-refractivity contribution < 1.29 is 28.8 Å². The Bertz CT molecular complexity index is 1610. The van der Waals surface area contributed by atoms with E-state index in [2.05, 4.69) is 33.8 Å². The molecular weight excluding hydrogens is 643 g/mol. The molecule has 0 aromatic heterocycles. The van der Waals surface area contributed by atoms with Gasteiger partial charge in [0, 0.05) is 40.9 Å². The van der Waals surface area contributed by atoms with E-state index in [1.807, 2.05) is 27.8 Å². The predicted molar refractivity (Wildman–Crippen MR) is 170 cm³/mol. The highest BCUT2D eigenvalue weighted by atomic mass is 35.6. The molecule has 10 nitrogen and oxygen atoms in total. The number of ether oxygens (including phenoxy) is 4. The quantitative estimate of drug-likeness (QED) is 0.303. The van der Waals surface area contributed by atoms with E-state index in [4.69, 9.17) is 53.8 Å². The Hall–Kier alpha value is -3.07. The Morgan fingerprint density at radius 2 is 1.93 bits per heavy atom. The van der Waals surface area contributed by atoms with E-state index in [-0.39, 0.29) is 43.8 Å². The van der Waals surface area contributed by atoms with Crippen LogP contribution in [0, 0.1) is 32.1 Å². The summed E-state index contributed by atoms with van der Waals surface area (Å²) in [4.78, 5) is 17.2. The van der Waals surface area contributed by atoms with Crippen LogP contribution in [0.1, 0.15) is 51.0 Å². The van der Waals surface area contributed by atoms with Crippen LogP contribution in [0.25, 0.3) is 0 Å². The summed E-state index contributed by atoms with van der Waals surface area (Å²) in [7, 11) is 2.02. The van der Waals surface area contributed by atoms with Crippen molar-refractivity contribution in [2.45, 2.75) is 67.6 Å². The highest BCUT2D eigenvalue weighted by molar-refractivity contribution is 6.67. The number of piperazine rings is 1. The van der Waals surface area contributed by atoms with Crippen LogP contribution in [0.15, 0.2) is 18.7 Å². The predicted octanol–water partition coefficient (Wildman–Crippen LogP) is 5.48. The maximum Gasteiger partial charge on any atom is 0.407 e. The summed E-state index contributed by atoms with van der Waals surface area (Å²) >= 11 is 17.4. The average Bonchev–Trinajstić information content (AvgIpc) is 3.48. The number of nitrogens with one attached hydrogen (secondary N) is 1. The van der Waals surface area contributed by atoms with Gasteiger partial charge in [-0.2, -0.15) is 5.26 Å². The number of carbonyl (C=O) groups is 1. The van der Waals surface area contributed by atoms with Gasteiger partial charge in [-0.3, -0.25) is 9.80 Å². The summed E-state index contributed by atoms with van der Waals surface area (Å²) in [6.07, 6.45) is 1.97. The molecule has 4 aliphatic heterocycles. The van der Waals surface area contributed by atoms with Crippen molar-refractivity contribution in [2.75, 3.05) is 33.6 Å². The zero-order valence-electron chi connectivity index (χ0n) is 25.5. The molecule has 0 radical (unpaired) electrons. The molecule has 0 saturated carbocycles. The summed E-state index contributed by atoms with van der Waals surface area (Å²) < 4.78 is 21.7. The van der Waals surface area contributed by atoms with Gasteiger partial charge in [0.15, 0.2) is 11.5 Å². The molecule has 5 atom stereocenters. The molecule has 13 heteroatoms. The fourth-order valence-corrected chi connectivity index (χ4v) is 7.77. The number of phenolic OH excluding ortho intramolecular Hbond substituents is 1. The van der Waals surface area contributed by atoms with Crippen LogP contribution < -0.4 is 19.5 Å². The number of fused-ring (bicyclic) bond motifs is 9. The lowest BCUT2D eigenvalue weighted by Crippen LogP contribution is -2.68. The van der Waals surface area contributed by atoms with E-state index < -0.39 is 28.6 Å². The third-order valence-electron chi connectivity index (χ3n) is 9.59. The zero-order chi connectivity index (χ0) is 32.4. The van der Waals surface area contributed by atoms with Crippen LogP contribution in [0.2, 0.25) is 0 Å². The summed E-state index contributed by atoms with van der Waals surface area (Å²) in [5.74, 6) is 2.04. The first kappa shape index (κ1) is 31.9. The monoisotopic (exact) mass is 676 g/mol. The van der Waals surface area contributed by atoms with Gasteiger partial charge in [-0.25, -0.2) is 4.79 Å². The number of hydrogen-bond acceptors (Lipinski definition) is 9. The molecule has 6 rings (SSSR count). The van der Waals surface area contributed by atoms with E-state index in [1.54, 1.807) is 6.08 Å². The van der Waals surface area contributed by atoms with E-state index in [0.717, 1.165) is 38.9 Å². The number of nitrogens with zero attached hydrogens (tertiary/aromatic N) is 3. The van der Waals surface area contributed by atoms with Gasteiger partial charge in [0.25, 0.3) is 0 Å². The third kappa shape index (κ3) is 5.33. The van der Waals surface area contributed by atoms with Crippen LogP contribution in [0.4, 0.5) is 4.79 Å². The lowest BCUT2D eigenvalue weighted by Gasteiger charge is -2.60. The average molecular weight is 678 g/mol. The maximum absolute atomic E-state index is 12.9. The molecule has 2 aromatic rings. The van der Waals surface area contributed by atoms with Crippen LogP contribution in [0.5, 0.6) is 23.0 Å². The molecule has 0 aliphatic carbocycles. The Kier molecular flexibility index (Phi) is 8.46. The van der Waals surface area contributed by atoms with Gasteiger partial charge < -0.3 is 29.4 Å². The lowest BCUT2D eigenvalue weighted by atomic mass is 9.71. The van der Waals surface area contributed by atoms with Crippen molar-refractivity contribution in [1.29, 1.82) is 5.26 Å². The molecular formula is C32H35Cl3N4O6. The number of phenols is 1. The number of amides is 1. The molecule has 4 heterocycles. The molecule has 2 unspecified atom stereocenters. The summed E-state index contributed by atoms with van der Waals surface area (Å²) in [5, 5.41) is 25.2. The molecule has 1 saturated heterocycles. The minimum atomic E-state index is -1.77. The van der Waals surface area contributed by atoms with Gasteiger partial charge in [0.2, 0.25) is 10.6 Å². The normalized spacial score (nSPS) is 25.0. The number of benzene rings is 2. The van der Waals surface area contributed by atoms with Crippen molar-refractivity contribution >= 4 is 40.9 Å². The number of carbonyl (C=O) groups excluding carboxylic acids is 1. The number of likely N-dealkylation sites (N-methyl/N-ethyl adjacent to an activating group) is 1. The number of alkyl halides is 3. The van der Waals surface area contributed by atoms with Crippen molar-refractivity contribution in [1.82, 2.24) is 15.1 Å². The first-order chi connectivity index (χ1) is 21.4. The highest BCUT2D eigenvalue weighted by Gasteiger charge is 2.56. The molecule has 2 bridgehead atoms. The van der Waals surface area contributed by atoms with Crippen molar-refractivity contribution in [3.05, 3.63) is 57.7 Å². The second kappa shape index (κ2) is 11.9. The third-order valence-corrected chi connectivity index (χ3v) is 9.91. The lowest BCUT2D eigenvalue weighted by molar-refractivity contribution is -0.0722. The number of alkyl carbamates (subject to hydrolysis) is 1. The fraction of sp³-hybridized carbons (Fsp3) is 0.500. The van der Waals surface area contributed by atoms with Gasteiger partial charge in [0.1, 0.15) is 30.8 Å². The molecule has 1 amide bonds. The summed E-state index contributed by atoms with van der Waals surface area (Å²) in [5.41, 5.74) is 6.21. The highest BCUT2D eigenvalue weighted by Crippen LogP contribution is 2.57.